The van der Waals surface area contributed by atoms with Crippen LogP contribution in [-0.2, 0) is 22.6 Å². The number of aromatic nitrogens is 2. The van der Waals surface area contributed by atoms with Crippen molar-refractivity contribution < 1.29 is 28.5 Å². The second-order valence-electron chi connectivity index (χ2n) is 10.3. The van der Waals surface area contributed by atoms with Crippen molar-refractivity contribution in [3.05, 3.63) is 46.2 Å². The van der Waals surface area contributed by atoms with Gasteiger partial charge in [0.1, 0.15) is 0 Å². The first-order valence-electron chi connectivity index (χ1n) is 14.2. The van der Waals surface area contributed by atoms with E-state index >= 15 is 0 Å². The maximum absolute atomic E-state index is 13.6. The molecular weight excluding hydrogens is 560 g/mol. The smallest absolute Gasteiger partial charge is 0.262 e. The molecule has 2 aromatic carbocycles. The van der Waals surface area contributed by atoms with Crippen molar-refractivity contribution in [2.45, 2.75) is 62.7 Å². The van der Waals surface area contributed by atoms with Gasteiger partial charge < -0.3 is 29.6 Å². The highest BCUT2D eigenvalue weighted by atomic mass is 32.2. The lowest BCUT2D eigenvalue weighted by atomic mass is 9.95. The molecule has 0 atom stereocenters. The van der Waals surface area contributed by atoms with E-state index in [9.17, 15) is 14.4 Å². The summed E-state index contributed by atoms with van der Waals surface area (Å²) in [6.45, 7) is 0.614. The molecule has 1 saturated carbocycles. The van der Waals surface area contributed by atoms with Gasteiger partial charge in [0.25, 0.3) is 5.56 Å². The molecule has 2 heterocycles. The average molecular weight is 597 g/mol. The van der Waals surface area contributed by atoms with Crippen molar-refractivity contribution in [1.29, 1.82) is 0 Å². The number of hydrogen-bond donors (Lipinski definition) is 2. The SMILES string of the molecule is COc1ccc(CCNC(=O)CCn2c(SCC(=O)NC3CCCCC3)nc3cc4c(cc3c2=O)OCO4)cc1OC. The van der Waals surface area contributed by atoms with E-state index in [-0.39, 0.29) is 48.9 Å². The van der Waals surface area contributed by atoms with E-state index in [2.05, 4.69) is 10.6 Å². The van der Waals surface area contributed by atoms with E-state index < -0.39 is 0 Å². The Balaban J connectivity index is 1.25. The number of carbonyl (C=O) groups excluding carboxylic acids is 2. The molecular formula is C30H36N4O7S. The molecule has 2 amide bonds. The molecule has 1 aliphatic heterocycles. The highest BCUT2D eigenvalue weighted by Gasteiger charge is 2.21. The summed E-state index contributed by atoms with van der Waals surface area (Å²) in [7, 11) is 3.16. The molecule has 2 N–H and O–H groups in total. The Kier molecular flexibility index (Phi) is 9.73. The molecule has 0 radical (unpaired) electrons. The van der Waals surface area contributed by atoms with E-state index in [0.717, 1.165) is 31.2 Å². The molecule has 1 fully saturated rings. The molecule has 0 saturated heterocycles. The van der Waals surface area contributed by atoms with Crippen LogP contribution >= 0.6 is 11.8 Å². The molecule has 224 valence electrons. The highest BCUT2D eigenvalue weighted by Crippen LogP contribution is 2.35. The minimum atomic E-state index is -0.299. The van der Waals surface area contributed by atoms with Crippen LogP contribution < -0.4 is 35.1 Å². The first-order valence-corrected chi connectivity index (χ1v) is 15.2. The van der Waals surface area contributed by atoms with Crippen LogP contribution in [0.4, 0.5) is 0 Å². The summed E-state index contributed by atoms with van der Waals surface area (Å²) in [5.74, 6) is 2.11. The third kappa shape index (κ3) is 7.10. The molecule has 2 aliphatic rings. The number of nitrogens with zero attached hydrogens (tertiary/aromatic N) is 2. The monoisotopic (exact) mass is 596 g/mol. The number of fused-ring (bicyclic) bond motifs is 2. The minimum absolute atomic E-state index is 0.0748. The molecule has 3 aromatic rings. The van der Waals surface area contributed by atoms with Gasteiger partial charge in [0, 0.05) is 31.6 Å². The summed E-state index contributed by atoms with van der Waals surface area (Å²) in [5.41, 5.74) is 1.15. The molecule has 12 heteroatoms. The Labute approximate surface area is 248 Å². The van der Waals surface area contributed by atoms with Crippen LogP contribution in [0.1, 0.15) is 44.1 Å². The largest absolute Gasteiger partial charge is 0.493 e. The maximum Gasteiger partial charge on any atom is 0.262 e. The normalized spacial score (nSPS) is 14.5. The van der Waals surface area contributed by atoms with E-state index in [1.165, 1.54) is 22.7 Å². The molecule has 1 aliphatic carbocycles. The van der Waals surface area contributed by atoms with Gasteiger partial charge in [-0.15, -0.1) is 0 Å². The lowest BCUT2D eigenvalue weighted by molar-refractivity contribution is -0.121. The van der Waals surface area contributed by atoms with Gasteiger partial charge in [-0.3, -0.25) is 19.0 Å². The first-order chi connectivity index (χ1) is 20.4. The fraction of sp³-hybridized carbons (Fsp3) is 0.467. The molecule has 5 rings (SSSR count). The number of rotatable bonds is 12. The molecule has 11 nitrogen and oxygen atoms in total. The van der Waals surface area contributed by atoms with Gasteiger partial charge >= 0.3 is 0 Å². The summed E-state index contributed by atoms with van der Waals surface area (Å²) in [6.07, 6.45) is 6.11. The van der Waals surface area contributed by atoms with Gasteiger partial charge in [0.15, 0.2) is 28.2 Å². The van der Waals surface area contributed by atoms with Crippen LogP contribution in [0.15, 0.2) is 40.3 Å². The zero-order valence-electron chi connectivity index (χ0n) is 23.9. The molecule has 1 aromatic heterocycles. The second-order valence-corrected chi connectivity index (χ2v) is 11.2. The third-order valence-electron chi connectivity index (χ3n) is 7.46. The summed E-state index contributed by atoms with van der Waals surface area (Å²) < 4.78 is 23.0. The number of methoxy groups -OCH3 is 2. The summed E-state index contributed by atoms with van der Waals surface area (Å²) in [5, 5.41) is 6.77. The molecule has 0 bridgehead atoms. The van der Waals surface area contributed by atoms with Crippen molar-refractivity contribution >= 4 is 34.5 Å². The Morgan fingerprint density at radius 2 is 1.79 bits per heavy atom. The Bertz CT molecular complexity index is 1500. The van der Waals surface area contributed by atoms with Crippen LogP contribution in [0.3, 0.4) is 0 Å². The molecule has 42 heavy (non-hydrogen) atoms. The second kappa shape index (κ2) is 13.8. The predicted molar refractivity (Wildman–Crippen MR) is 159 cm³/mol. The number of benzene rings is 2. The predicted octanol–water partition coefficient (Wildman–Crippen LogP) is 3.43. The quantitative estimate of drug-likeness (QED) is 0.239. The zero-order chi connectivity index (χ0) is 29.5. The third-order valence-corrected chi connectivity index (χ3v) is 8.44. The lowest BCUT2D eigenvalue weighted by Gasteiger charge is -2.22. The van der Waals surface area contributed by atoms with Crippen LogP contribution in [0, 0.1) is 0 Å². The first kappa shape index (κ1) is 29.6. The summed E-state index contributed by atoms with van der Waals surface area (Å²) in [4.78, 5) is 43.8. The van der Waals surface area contributed by atoms with Crippen molar-refractivity contribution in [2.75, 3.05) is 33.3 Å². The highest BCUT2D eigenvalue weighted by molar-refractivity contribution is 7.99. The fourth-order valence-corrected chi connectivity index (χ4v) is 6.07. The lowest BCUT2D eigenvalue weighted by Crippen LogP contribution is -2.37. The van der Waals surface area contributed by atoms with Crippen LogP contribution in [0.2, 0.25) is 0 Å². The van der Waals surface area contributed by atoms with Gasteiger partial charge in [-0.25, -0.2) is 4.98 Å². The van der Waals surface area contributed by atoms with E-state index in [0.29, 0.717) is 52.0 Å². The van der Waals surface area contributed by atoms with E-state index in [1.54, 1.807) is 26.4 Å². The summed E-state index contributed by atoms with van der Waals surface area (Å²) >= 11 is 1.19. The number of ether oxygens (including phenoxy) is 4. The van der Waals surface area contributed by atoms with Gasteiger partial charge in [0.05, 0.1) is 30.9 Å². The number of thioether (sulfide) groups is 1. The van der Waals surface area contributed by atoms with E-state index in [4.69, 9.17) is 23.9 Å². The number of amides is 2. The standard InChI is InChI=1S/C30H36N4O7S/c1-38-23-9-8-19(14-24(23)39-2)10-12-31-27(35)11-13-34-29(37)21-15-25-26(41-18-40-25)16-22(21)33-30(34)42-17-28(36)32-20-6-4-3-5-7-20/h8-9,14-16,20H,3-7,10-13,17-18H2,1-2H3,(H,31,35)(H,32,36). The van der Waals surface area contributed by atoms with Crippen molar-refractivity contribution in [1.82, 2.24) is 20.2 Å². The minimum Gasteiger partial charge on any atom is -0.493 e. The summed E-state index contributed by atoms with van der Waals surface area (Å²) in [6, 6.07) is 9.13. The molecule has 0 spiro atoms. The Hall–Kier alpha value is -3.93. The molecule has 0 unspecified atom stereocenters. The average Bonchev–Trinajstić information content (AvgIpc) is 3.46. The van der Waals surface area contributed by atoms with Gasteiger partial charge in [-0.05, 0) is 43.0 Å². The van der Waals surface area contributed by atoms with Crippen molar-refractivity contribution in [2.24, 2.45) is 0 Å². The van der Waals surface area contributed by atoms with Gasteiger partial charge in [-0.2, -0.15) is 0 Å². The van der Waals surface area contributed by atoms with Crippen LogP contribution in [0.5, 0.6) is 23.0 Å². The number of carbonyl (C=O) groups is 2. The van der Waals surface area contributed by atoms with Crippen molar-refractivity contribution in [3.8, 4) is 23.0 Å². The topological polar surface area (TPSA) is 130 Å². The van der Waals surface area contributed by atoms with Crippen LogP contribution in [0.25, 0.3) is 10.9 Å². The maximum atomic E-state index is 13.6. The Morgan fingerprint density at radius 1 is 1.02 bits per heavy atom. The van der Waals surface area contributed by atoms with Crippen LogP contribution in [-0.4, -0.2) is 60.7 Å². The zero-order valence-corrected chi connectivity index (χ0v) is 24.7. The van der Waals surface area contributed by atoms with E-state index in [1.807, 2.05) is 18.2 Å². The number of nitrogens with one attached hydrogen (secondary N) is 2. The Morgan fingerprint density at radius 3 is 2.55 bits per heavy atom. The fourth-order valence-electron chi connectivity index (χ4n) is 5.23. The van der Waals surface area contributed by atoms with Crippen molar-refractivity contribution in [3.63, 3.8) is 0 Å². The van der Waals surface area contributed by atoms with Gasteiger partial charge in [0.2, 0.25) is 18.6 Å². The number of hydrogen-bond acceptors (Lipinski definition) is 9. The van der Waals surface area contributed by atoms with Gasteiger partial charge in [-0.1, -0.05) is 37.1 Å².